The quantitative estimate of drug-likeness (QED) is 0.596. The Morgan fingerprint density at radius 3 is 2.35 bits per heavy atom. The fraction of sp³-hybridized carbons (Fsp3) is 0.600. The maximum absolute atomic E-state index is 2.46. The number of aryl methyl sites for hydroxylation is 1. The summed E-state index contributed by atoms with van der Waals surface area (Å²) in [4.78, 5) is 3.09. The maximum atomic E-state index is 2.46. The van der Waals surface area contributed by atoms with Gasteiger partial charge < -0.3 is 0 Å². The Morgan fingerprint density at radius 2 is 1.71 bits per heavy atom. The van der Waals surface area contributed by atoms with Crippen LogP contribution in [0.15, 0.2) is 12.1 Å². The van der Waals surface area contributed by atoms with Gasteiger partial charge in [0.1, 0.15) is 0 Å². The van der Waals surface area contributed by atoms with Crippen LogP contribution in [0, 0.1) is 12.3 Å². The third-order valence-electron chi connectivity index (χ3n) is 4.09. The first-order valence-electron chi connectivity index (χ1n) is 6.53. The van der Waals surface area contributed by atoms with Gasteiger partial charge in [0, 0.05) is 19.2 Å². The summed E-state index contributed by atoms with van der Waals surface area (Å²) in [7, 11) is 0. The number of fused-ring (bicyclic) bond motifs is 1. The molecule has 0 amide bonds. The summed E-state index contributed by atoms with van der Waals surface area (Å²) in [6.07, 6.45) is 5.56. The van der Waals surface area contributed by atoms with Gasteiger partial charge in [-0.25, -0.2) is 0 Å². The minimum atomic E-state index is 0.585. The van der Waals surface area contributed by atoms with E-state index in [1.54, 1.807) is 4.88 Å². The van der Waals surface area contributed by atoms with Crippen molar-refractivity contribution in [3.63, 3.8) is 0 Å². The van der Waals surface area contributed by atoms with Crippen LogP contribution in [-0.4, -0.2) is 0 Å². The van der Waals surface area contributed by atoms with Crippen molar-refractivity contribution in [2.45, 2.75) is 52.4 Å². The normalized spacial score (nSPS) is 21.1. The van der Waals surface area contributed by atoms with Crippen LogP contribution in [0.5, 0.6) is 0 Å². The van der Waals surface area contributed by atoms with E-state index in [0.29, 0.717) is 5.41 Å². The second-order valence-electron chi connectivity index (χ2n) is 6.17. The Morgan fingerprint density at radius 1 is 1.06 bits per heavy atom. The molecule has 92 valence electrons. The van der Waals surface area contributed by atoms with Gasteiger partial charge in [-0.15, -0.1) is 22.7 Å². The van der Waals surface area contributed by atoms with Gasteiger partial charge in [-0.2, -0.15) is 0 Å². The van der Waals surface area contributed by atoms with Crippen molar-refractivity contribution in [2.24, 2.45) is 5.41 Å². The molecule has 0 saturated heterocycles. The van der Waals surface area contributed by atoms with Crippen molar-refractivity contribution >= 4 is 32.1 Å². The highest BCUT2D eigenvalue weighted by Gasteiger charge is 2.28. The van der Waals surface area contributed by atoms with Gasteiger partial charge in [0.25, 0.3) is 0 Å². The topological polar surface area (TPSA) is 0 Å². The molecule has 1 aliphatic carbocycles. The highest BCUT2D eigenvalue weighted by Crippen LogP contribution is 2.46. The lowest BCUT2D eigenvalue weighted by Gasteiger charge is -2.33. The summed E-state index contributed by atoms with van der Waals surface area (Å²) in [5, 5.41) is 0. The van der Waals surface area contributed by atoms with Gasteiger partial charge in [-0.1, -0.05) is 13.8 Å². The highest BCUT2D eigenvalue weighted by atomic mass is 32.1. The molecule has 2 aromatic rings. The molecule has 1 fully saturated rings. The third-order valence-corrected chi connectivity index (χ3v) is 6.46. The lowest BCUT2D eigenvalue weighted by Crippen LogP contribution is -2.19. The Kier molecular flexibility index (Phi) is 2.83. The van der Waals surface area contributed by atoms with Crippen LogP contribution in [0.25, 0.3) is 9.40 Å². The minimum Gasteiger partial charge on any atom is -0.140 e. The average molecular weight is 264 g/mol. The van der Waals surface area contributed by atoms with E-state index in [9.17, 15) is 0 Å². The van der Waals surface area contributed by atoms with Crippen LogP contribution in [0.3, 0.4) is 0 Å². The highest BCUT2D eigenvalue weighted by molar-refractivity contribution is 7.27. The third kappa shape index (κ3) is 2.30. The van der Waals surface area contributed by atoms with E-state index in [1.807, 2.05) is 22.7 Å². The Labute approximate surface area is 112 Å². The number of hydrogen-bond acceptors (Lipinski definition) is 2. The van der Waals surface area contributed by atoms with E-state index in [4.69, 9.17) is 0 Å². The van der Waals surface area contributed by atoms with Crippen LogP contribution < -0.4 is 0 Å². The van der Waals surface area contributed by atoms with Gasteiger partial charge in [-0.05, 0) is 56.1 Å². The standard InChI is InChI=1S/C15H20S2/c1-10-8-13-14(16-10)9-12(17-13)11-4-6-15(2,3)7-5-11/h8-9,11H,4-7H2,1-3H3. The number of thiophene rings is 2. The molecule has 1 aliphatic rings. The predicted molar refractivity (Wildman–Crippen MR) is 79.4 cm³/mol. The largest absolute Gasteiger partial charge is 0.140 e. The van der Waals surface area contributed by atoms with Gasteiger partial charge in [0.15, 0.2) is 0 Å². The van der Waals surface area contributed by atoms with Gasteiger partial charge in [0.05, 0.1) is 0 Å². The van der Waals surface area contributed by atoms with Crippen molar-refractivity contribution in [3.05, 3.63) is 21.9 Å². The van der Waals surface area contributed by atoms with Crippen molar-refractivity contribution in [3.8, 4) is 0 Å². The lowest BCUT2D eigenvalue weighted by molar-refractivity contribution is 0.226. The van der Waals surface area contributed by atoms with Gasteiger partial charge in [0.2, 0.25) is 0 Å². The van der Waals surface area contributed by atoms with Crippen LogP contribution >= 0.6 is 22.7 Å². The Bertz CT molecular complexity index is 489. The zero-order valence-corrected chi connectivity index (χ0v) is 12.5. The zero-order chi connectivity index (χ0) is 12.0. The summed E-state index contributed by atoms with van der Waals surface area (Å²) in [5.41, 5.74) is 0.585. The molecular weight excluding hydrogens is 244 g/mol. The Hall–Kier alpha value is -0.340. The molecule has 17 heavy (non-hydrogen) atoms. The molecule has 0 aliphatic heterocycles. The zero-order valence-electron chi connectivity index (χ0n) is 10.9. The van der Waals surface area contributed by atoms with Crippen LogP contribution in [0.2, 0.25) is 0 Å². The van der Waals surface area contributed by atoms with E-state index >= 15 is 0 Å². The van der Waals surface area contributed by atoms with E-state index in [2.05, 4.69) is 32.9 Å². The molecule has 2 heterocycles. The fourth-order valence-corrected chi connectivity index (χ4v) is 5.36. The van der Waals surface area contributed by atoms with Crippen molar-refractivity contribution in [1.29, 1.82) is 0 Å². The SMILES string of the molecule is Cc1cc2sc(C3CCC(C)(C)CC3)cc2s1. The fourth-order valence-electron chi connectivity index (χ4n) is 2.86. The van der Waals surface area contributed by atoms with Crippen molar-refractivity contribution in [1.82, 2.24) is 0 Å². The summed E-state index contributed by atoms with van der Waals surface area (Å²) in [6, 6.07) is 4.81. The second-order valence-corrected chi connectivity index (χ2v) is 8.58. The van der Waals surface area contributed by atoms with Crippen LogP contribution in [0.1, 0.15) is 55.2 Å². The predicted octanol–water partition coefficient (Wildman–Crippen LogP) is 5.96. The number of hydrogen-bond donors (Lipinski definition) is 0. The summed E-state index contributed by atoms with van der Waals surface area (Å²) in [6.45, 7) is 7.04. The van der Waals surface area contributed by atoms with Gasteiger partial charge in [-0.3, -0.25) is 0 Å². The summed E-state index contributed by atoms with van der Waals surface area (Å²) < 4.78 is 3.01. The molecule has 2 heteroatoms. The molecule has 0 atom stereocenters. The first-order valence-corrected chi connectivity index (χ1v) is 8.17. The molecule has 0 spiro atoms. The van der Waals surface area contributed by atoms with Crippen LogP contribution in [-0.2, 0) is 0 Å². The van der Waals surface area contributed by atoms with Crippen LogP contribution in [0.4, 0.5) is 0 Å². The smallest absolute Gasteiger partial charge is 0.0456 e. The van der Waals surface area contributed by atoms with E-state index < -0.39 is 0 Å². The number of rotatable bonds is 1. The molecule has 0 bridgehead atoms. The lowest BCUT2D eigenvalue weighted by atomic mass is 9.73. The molecule has 2 aromatic heterocycles. The van der Waals surface area contributed by atoms with Crippen molar-refractivity contribution < 1.29 is 0 Å². The molecule has 0 unspecified atom stereocenters. The molecule has 0 nitrogen and oxygen atoms in total. The molecular formula is C15H20S2. The van der Waals surface area contributed by atoms with Crippen molar-refractivity contribution in [2.75, 3.05) is 0 Å². The Balaban J connectivity index is 1.82. The molecule has 0 radical (unpaired) electrons. The molecule has 0 aromatic carbocycles. The first-order chi connectivity index (χ1) is 8.03. The molecule has 1 saturated carbocycles. The van der Waals surface area contributed by atoms with E-state index in [-0.39, 0.29) is 0 Å². The van der Waals surface area contributed by atoms with E-state index in [1.165, 1.54) is 40.0 Å². The monoisotopic (exact) mass is 264 g/mol. The molecule has 3 rings (SSSR count). The average Bonchev–Trinajstić information content (AvgIpc) is 2.74. The first kappa shape index (κ1) is 11.7. The summed E-state index contributed by atoms with van der Waals surface area (Å²) in [5.74, 6) is 0.841. The minimum absolute atomic E-state index is 0.585. The maximum Gasteiger partial charge on any atom is 0.0456 e. The van der Waals surface area contributed by atoms with E-state index in [0.717, 1.165) is 5.92 Å². The molecule has 0 N–H and O–H groups in total. The van der Waals surface area contributed by atoms with Gasteiger partial charge >= 0.3 is 0 Å². The second kappa shape index (κ2) is 4.10. The summed E-state index contributed by atoms with van der Waals surface area (Å²) >= 11 is 3.98.